The van der Waals surface area contributed by atoms with E-state index in [9.17, 15) is 40.5 Å². The molecule has 32 heavy (non-hydrogen) atoms. The lowest BCUT2D eigenvalue weighted by molar-refractivity contribution is -0.355. The van der Waals surface area contributed by atoms with E-state index < -0.39 is 80.6 Å². The molecule has 0 aromatic rings. The quantitative estimate of drug-likeness (QED) is 0.125. The summed E-state index contributed by atoms with van der Waals surface area (Å²) >= 11 is 0. The number of ether oxygens (including phenoxy) is 4. The number of carbonyl (C=O) groups is 1. The zero-order valence-electron chi connectivity index (χ0n) is 18.1. The molecule has 188 valence electrons. The van der Waals surface area contributed by atoms with Crippen LogP contribution in [0.1, 0.15) is 45.4 Å². The maximum Gasteiger partial charge on any atom is 0.308 e. The first-order chi connectivity index (χ1) is 15.2. The van der Waals surface area contributed by atoms with E-state index in [0.29, 0.717) is 6.42 Å². The summed E-state index contributed by atoms with van der Waals surface area (Å²) in [4.78, 5) is 12.1. The van der Waals surface area contributed by atoms with Crippen LogP contribution in [0.15, 0.2) is 0 Å². The molecule has 7 N–H and O–H groups in total. The molecule has 0 radical (unpaired) electrons. The summed E-state index contributed by atoms with van der Waals surface area (Å²) < 4.78 is 21.2. The Bertz CT molecular complexity index is 559. The Labute approximate surface area is 186 Å². The second-order valence-corrected chi connectivity index (χ2v) is 8.16. The van der Waals surface area contributed by atoms with Crippen molar-refractivity contribution in [2.75, 3.05) is 13.2 Å². The van der Waals surface area contributed by atoms with E-state index in [1.54, 1.807) is 0 Å². The molecule has 2 aliphatic rings. The maximum atomic E-state index is 12.1. The van der Waals surface area contributed by atoms with Crippen LogP contribution in [0.5, 0.6) is 0 Å². The predicted octanol–water partition coefficient (Wildman–Crippen LogP) is -2.49. The molecule has 12 nitrogen and oxygen atoms in total. The third-order valence-corrected chi connectivity index (χ3v) is 5.69. The van der Waals surface area contributed by atoms with Gasteiger partial charge in [0.1, 0.15) is 48.8 Å². The van der Waals surface area contributed by atoms with E-state index >= 15 is 0 Å². The number of unbranched alkanes of at least 4 members (excludes halogenated alkanes) is 4. The van der Waals surface area contributed by atoms with Crippen molar-refractivity contribution in [2.45, 2.75) is 107 Å². The van der Waals surface area contributed by atoms with Gasteiger partial charge >= 0.3 is 5.97 Å². The van der Waals surface area contributed by atoms with Crippen LogP contribution >= 0.6 is 0 Å². The lowest BCUT2D eigenvalue weighted by Gasteiger charge is -2.45. The Morgan fingerprint density at radius 3 is 1.97 bits per heavy atom. The van der Waals surface area contributed by atoms with Gasteiger partial charge in [0.15, 0.2) is 6.29 Å². The van der Waals surface area contributed by atoms with Crippen LogP contribution in [0.4, 0.5) is 0 Å². The Balaban J connectivity index is 1.96. The van der Waals surface area contributed by atoms with Crippen LogP contribution in [0.3, 0.4) is 0 Å². The van der Waals surface area contributed by atoms with Crippen LogP contribution < -0.4 is 0 Å². The number of esters is 1. The first-order valence-electron chi connectivity index (χ1n) is 11.0. The van der Waals surface area contributed by atoms with Crippen molar-refractivity contribution in [3.05, 3.63) is 0 Å². The molecule has 0 saturated carbocycles. The summed E-state index contributed by atoms with van der Waals surface area (Å²) in [6.07, 6.45) is -10.9. The molecule has 0 unspecified atom stereocenters. The van der Waals surface area contributed by atoms with E-state index in [0.717, 1.165) is 25.7 Å². The number of aliphatic hydroxyl groups excluding tert-OH is 7. The smallest absolute Gasteiger partial charge is 0.308 e. The lowest BCUT2D eigenvalue weighted by Crippen LogP contribution is -2.64. The monoisotopic (exact) mass is 468 g/mol. The minimum atomic E-state index is -1.75. The normalized spacial score (nSPS) is 40.2. The minimum Gasteiger partial charge on any atom is -0.433 e. The molecule has 0 aromatic heterocycles. The van der Waals surface area contributed by atoms with Crippen molar-refractivity contribution >= 4 is 5.97 Å². The summed E-state index contributed by atoms with van der Waals surface area (Å²) in [7, 11) is 0. The molecule has 2 rings (SSSR count). The Morgan fingerprint density at radius 1 is 0.750 bits per heavy atom. The fourth-order valence-electron chi connectivity index (χ4n) is 3.71. The van der Waals surface area contributed by atoms with Gasteiger partial charge in [0, 0.05) is 6.42 Å². The molecule has 0 bridgehead atoms. The molecule has 10 atom stereocenters. The fourth-order valence-corrected chi connectivity index (χ4v) is 3.71. The second-order valence-electron chi connectivity index (χ2n) is 8.16. The summed E-state index contributed by atoms with van der Waals surface area (Å²) in [6, 6.07) is 0. The lowest BCUT2D eigenvalue weighted by atomic mass is 9.97. The van der Waals surface area contributed by atoms with Gasteiger partial charge in [-0.25, -0.2) is 0 Å². The van der Waals surface area contributed by atoms with E-state index in [1.807, 2.05) is 0 Å². The van der Waals surface area contributed by atoms with Gasteiger partial charge in [0.2, 0.25) is 6.29 Å². The highest BCUT2D eigenvalue weighted by Gasteiger charge is 2.51. The topological polar surface area (TPSA) is 196 Å². The fraction of sp³-hybridized carbons (Fsp3) is 0.950. The average molecular weight is 468 g/mol. The largest absolute Gasteiger partial charge is 0.433 e. The first kappa shape index (κ1) is 27.3. The van der Waals surface area contributed by atoms with Crippen molar-refractivity contribution < 1.29 is 59.5 Å². The number of aliphatic hydroxyl groups is 7. The molecule has 0 aliphatic carbocycles. The number of hydrogen-bond donors (Lipinski definition) is 7. The second kappa shape index (κ2) is 13.1. The third-order valence-electron chi connectivity index (χ3n) is 5.69. The summed E-state index contributed by atoms with van der Waals surface area (Å²) in [5, 5.41) is 69.6. The Kier molecular flexibility index (Phi) is 11.2. The summed E-state index contributed by atoms with van der Waals surface area (Å²) in [6.45, 7) is 0.696. The van der Waals surface area contributed by atoms with Crippen LogP contribution in [0, 0.1) is 0 Å². The standard InChI is InChI=1S/C20H36O12/c1-2-3-4-5-6-7-12(23)31-19-17(28)15(26)18(11(9-22)30-19)32-20-16(27)14(25)13(24)10(8-21)29-20/h10-11,13-22,24-28H,2-9H2,1H3/t10-,11-,13-,14+,15-,16-,17-,18-,19+,20-/m1/s1. The number of hydrogen-bond acceptors (Lipinski definition) is 12. The minimum absolute atomic E-state index is 0.112. The van der Waals surface area contributed by atoms with Crippen LogP contribution in [-0.4, -0.2) is 116 Å². The molecule has 2 fully saturated rings. The summed E-state index contributed by atoms with van der Waals surface area (Å²) in [5.74, 6) is -0.622. The molecule has 12 heteroatoms. The molecule has 2 saturated heterocycles. The van der Waals surface area contributed by atoms with Crippen LogP contribution in [0.25, 0.3) is 0 Å². The van der Waals surface area contributed by atoms with E-state index in [1.165, 1.54) is 0 Å². The Hall–Kier alpha value is -0.930. The zero-order valence-corrected chi connectivity index (χ0v) is 18.1. The van der Waals surface area contributed by atoms with Crippen molar-refractivity contribution in [3.63, 3.8) is 0 Å². The first-order valence-corrected chi connectivity index (χ1v) is 11.0. The van der Waals surface area contributed by atoms with Crippen LogP contribution in [0.2, 0.25) is 0 Å². The maximum absolute atomic E-state index is 12.1. The molecule has 0 spiro atoms. The van der Waals surface area contributed by atoms with Gasteiger partial charge in [0.05, 0.1) is 13.2 Å². The highest BCUT2D eigenvalue weighted by atomic mass is 16.7. The van der Waals surface area contributed by atoms with E-state index in [2.05, 4.69) is 6.92 Å². The van der Waals surface area contributed by atoms with Gasteiger partial charge in [-0.15, -0.1) is 0 Å². The van der Waals surface area contributed by atoms with Crippen molar-refractivity contribution in [1.82, 2.24) is 0 Å². The molecule has 0 aromatic carbocycles. The zero-order chi connectivity index (χ0) is 23.8. The van der Waals surface area contributed by atoms with Gasteiger partial charge in [-0.05, 0) is 6.42 Å². The van der Waals surface area contributed by atoms with E-state index in [-0.39, 0.29) is 6.42 Å². The third kappa shape index (κ3) is 6.79. The Morgan fingerprint density at radius 2 is 1.34 bits per heavy atom. The highest BCUT2D eigenvalue weighted by molar-refractivity contribution is 5.69. The average Bonchev–Trinajstić information content (AvgIpc) is 2.78. The van der Waals surface area contributed by atoms with Gasteiger partial charge in [0.25, 0.3) is 0 Å². The van der Waals surface area contributed by atoms with Gasteiger partial charge in [-0.2, -0.15) is 0 Å². The van der Waals surface area contributed by atoms with Crippen LogP contribution in [-0.2, 0) is 23.7 Å². The molecule has 2 aliphatic heterocycles. The number of rotatable bonds is 11. The van der Waals surface area contributed by atoms with Gasteiger partial charge in [-0.1, -0.05) is 32.6 Å². The van der Waals surface area contributed by atoms with E-state index in [4.69, 9.17) is 18.9 Å². The predicted molar refractivity (Wildman–Crippen MR) is 106 cm³/mol. The van der Waals surface area contributed by atoms with Crippen molar-refractivity contribution in [3.8, 4) is 0 Å². The van der Waals surface area contributed by atoms with Crippen molar-refractivity contribution in [2.24, 2.45) is 0 Å². The summed E-state index contributed by atoms with van der Waals surface area (Å²) in [5.41, 5.74) is 0. The molecular formula is C20H36O12. The highest BCUT2D eigenvalue weighted by Crippen LogP contribution is 2.29. The van der Waals surface area contributed by atoms with Gasteiger partial charge < -0.3 is 54.7 Å². The molecule has 0 amide bonds. The number of carbonyl (C=O) groups excluding carboxylic acids is 1. The molecule has 2 heterocycles. The van der Waals surface area contributed by atoms with Crippen molar-refractivity contribution in [1.29, 1.82) is 0 Å². The SMILES string of the molecule is CCCCCCCC(=O)O[C@@H]1O[C@H](CO)[C@@H](O[C@H]2O[C@H](CO)[C@@H](O)[C@H](O)[C@H]2O)[C@H](O)[C@H]1O. The van der Waals surface area contributed by atoms with Gasteiger partial charge in [-0.3, -0.25) is 4.79 Å². The molecular weight excluding hydrogens is 432 g/mol.